The Labute approximate surface area is 79.0 Å². The first-order valence-electron chi connectivity index (χ1n) is 5.05. The summed E-state index contributed by atoms with van der Waals surface area (Å²) >= 11 is 0. The van der Waals surface area contributed by atoms with Crippen LogP contribution in [0.5, 0.6) is 0 Å². The Morgan fingerprint density at radius 1 is 1.46 bits per heavy atom. The van der Waals surface area contributed by atoms with Crippen LogP contribution in [-0.2, 0) is 9.53 Å². The number of allylic oxidation sites excluding steroid dienone is 2. The molecule has 1 fully saturated rings. The van der Waals surface area contributed by atoms with Gasteiger partial charge >= 0.3 is 5.97 Å². The first-order valence-corrected chi connectivity index (χ1v) is 5.05. The largest absolute Gasteiger partial charge is 0.469 e. The first-order chi connectivity index (χ1) is 6.33. The summed E-state index contributed by atoms with van der Waals surface area (Å²) in [6.07, 6.45) is 9.17. The molecule has 0 spiro atoms. The molecule has 0 N–H and O–H groups in total. The van der Waals surface area contributed by atoms with Gasteiger partial charge in [0.2, 0.25) is 0 Å². The van der Waals surface area contributed by atoms with E-state index in [4.69, 9.17) is 4.74 Å². The maximum Gasteiger partial charge on any atom is 0.308 e. The summed E-state index contributed by atoms with van der Waals surface area (Å²) < 4.78 is 4.74. The van der Waals surface area contributed by atoms with Crippen molar-refractivity contribution in [3.8, 4) is 0 Å². The van der Waals surface area contributed by atoms with E-state index in [9.17, 15) is 4.79 Å². The minimum absolute atomic E-state index is 0.000414. The van der Waals surface area contributed by atoms with Crippen LogP contribution < -0.4 is 0 Å². The lowest BCUT2D eigenvalue weighted by molar-refractivity contribution is -0.142. The van der Waals surface area contributed by atoms with Crippen molar-refractivity contribution in [3.63, 3.8) is 0 Å². The normalized spacial score (nSPS) is 37.2. The van der Waals surface area contributed by atoms with Crippen LogP contribution in [-0.4, -0.2) is 13.1 Å². The van der Waals surface area contributed by atoms with Gasteiger partial charge in [-0.15, -0.1) is 0 Å². The minimum atomic E-state index is -0.000414. The summed E-state index contributed by atoms with van der Waals surface area (Å²) in [6, 6.07) is 0. The highest BCUT2D eigenvalue weighted by atomic mass is 16.5. The molecule has 0 radical (unpaired) electrons. The summed E-state index contributed by atoms with van der Waals surface area (Å²) in [4.78, 5) is 11.2. The second-order valence-corrected chi connectivity index (χ2v) is 4.07. The van der Waals surface area contributed by atoms with Gasteiger partial charge in [-0.2, -0.15) is 0 Å². The van der Waals surface area contributed by atoms with Crippen LogP contribution >= 0.6 is 0 Å². The Morgan fingerprint density at radius 3 is 2.92 bits per heavy atom. The number of hydrogen-bond acceptors (Lipinski definition) is 2. The van der Waals surface area contributed by atoms with E-state index in [0.29, 0.717) is 5.92 Å². The Balaban J connectivity index is 1.85. The summed E-state index contributed by atoms with van der Waals surface area (Å²) in [5.74, 6) is 1.59. The average molecular weight is 180 g/mol. The van der Waals surface area contributed by atoms with Crippen LogP contribution in [0.25, 0.3) is 0 Å². The maximum absolute atomic E-state index is 11.2. The first kappa shape index (κ1) is 8.79. The molecule has 0 aromatic heterocycles. The van der Waals surface area contributed by atoms with Crippen molar-refractivity contribution >= 4 is 5.97 Å². The van der Waals surface area contributed by atoms with Crippen LogP contribution in [0.4, 0.5) is 0 Å². The Morgan fingerprint density at radius 2 is 2.31 bits per heavy atom. The maximum atomic E-state index is 11.2. The van der Waals surface area contributed by atoms with Gasteiger partial charge in [0.25, 0.3) is 0 Å². The molecule has 2 heteroatoms. The van der Waals surface area contributed by atoms with Gasteiger partial charge < -0.3 is 4.74 Å². The van der Waals surface area contributed by atoms with Crippen LogP contribution in [0.1, 0.15) is 25.7 Å². The molecule has 0 aliphatic heterocycles. The molecule has 1 saturated carbocycles. The third-order valence-corrected chi connectivity index (χ3v) is 3.26. The summed E-state index contributed by atoms with van der Waals surface area (Å²) in [5.41, 5.74) is 0. The molecule has 2 nitrogen and oxygen atoms in total. The fourth-order valence-electron chi connectivity index (χ4n) is 2.36. The SMILES string of the molecule is COC(=O)C1CC1C1CC=CCC1. The molecule has 2 aliphatic carbocycles. The number of rotatable bonds is 2. The molecule has 72 valence electrons. The average Bonchev–Trinajstić information content (AvgIpc) is 2.98. The zero-order chi connectivity index (χ0) is 9.26. The molecular weight excluding hydrogens is 164 g/mol. The zero-order valence-electron chi connectivity index (χ0n) is 8.03. The van der Waals surface area contributed by atoms with Crippen molar-refractivity contribution in [2.24, 2.45) is 17.8 Å². The Kier molecular flexibility index (Phi) is 2.38. The molecule has 0 bridgehead atoms. The second-order valence-electron chi connectivity index (χ2n) is 4.07. The molecule has 0 heterocycles. The summed E-state index contributed by atoms with van der Waals surface area (Å²) in [5, 5.41) is 0. The van der Waals surface area contributed by atoms with Gasteiger partial charge in [-0.25, -0.2) is 0 Å². The molecule has 0 saturated heterocycles. The quantitative estimate of drug-likeness (QED) is 0.481. The third kappa shape index (κ3) is 1.77. The van der Waals surface area contributed by atoms with E-state index in [-0.39, 0.29) is 11.9 Å². The fourth-order valence-corrected chi connectivity index (χ4v) is 2.36. The van der Waals surface area contributed by atoms with Gasteiger partial charge in [-0.1, -0.05) is 12.2 Å². The highest BCUT2D eigenvalue weighted by Crippen LogP contribution is 2.48. The monoisotopic (exact) mass is 180 g/mol. The highest BCUT2D eigenvalue weighted by molar-refractivity contribution is 5.75. The van der Waals surface area contributed by atoms with Crippen molar-refractivity contribution < 1.29 is 9.53 Å². The minimum Gasteiger partial charge on any atom is -0.469 e. The number of carbonyl (C=O) groups is 1. The van der Waals surface area contributed by atoms with Crippen molar-refractivity contribution in [1.29, 1.82) is 0 Å². The molecule has 0 amide bonds. The lowest BCUT2D eigenvalue weighted by atomic mass is 9.89. The van der Waals surface area contributed by atoms with Crippen LogP contribution in [0.15, 0.2) is 12.2 Å². The molecule has 3 atom stereocenters. The second kappa shape index (κ2) is 3.52. The van der Waals surface area contributed by atoms with E-state index >= 15 is 0 Å². The lowest BCUT2D eigenvalue weighted by Crippen LogP contribution is -2.11. The lowest BCUT2D eigenvalue weighted by Gasteiger charge is -2.16. The summed E-state index contributed by atoms with van der Waals surface area (Å²) in [6.45, 7) is 0. The standard InChI is InChI=1S/C11H16O2/c1-13-11(12)10-7-9(10)8-5-3-2-4-6-8/h2-3,8-10H,4-7H2,1H3. The van der Waals surface area contributed by atoms with E-state index in [1.54, 1.807) is 0 Å². The van der Waals surface area contributed by atoms with Gasteiger partial charge in [0.05, 0.1) is 13.0 Å². The molecule has 2 aliphatic rings. The topological polar surface area (TPSA) is 26.3 Å². The van der Waals surface area contributed by atoms with Gasteiger partial charge in [0.1, 0.15) is 0 Å². The molecule has 2 rings (SSSR count). The molecular formula is C11H16O2. The number of ether oxygens (including phenoxy) is 1. The fraction of sp³-hybridized carbons (Fsp3) is 0.727. The Hall–Kier alpha value is -0.790. The van der Waals surface area contributed by atoms with E-state index in [0.717, 1.165) is 18.8 Å². The molecule has 0 aromatic carbocycles. The van der Waals surface area contributed by atoms with Crippen LogP contribution in [0.2, 0.25) is 0 Å². The van der Waals surface area contributed by atoms with E-state index in [1.165, 1.54) is 20.0 Å². The number of esters is 1. The predicted molar refractivity (Wildman–Crippen MR) is 50.1 cm³/mol. The van der Waals surface area contributed by atoms with Crippen molar-refractivity contribution in [2.45, 2.75) is 25.7 Å². The van der Waals surface area contributed by atoms with E-state index < -0.39 is 0 Å². The van der Waals surface area contributed by atoms with Gasteiger partial charge in [-0.3, -0.25) is 4.79 Å². The molecule has 13 heavy (non-hydrogen) atoms. The number of hydrogen-bond donors (Lipinski definition) is 0. The van der Waals surface area contributed by atoms with Crippen LogP contribution in [0, 0.1) is 17.8 Å². The van der Waals surface area contributed by atoms with E-state index in [2.05, 4.69) is 12.2 Å². The van der Waals surface area contributed by atoms with Crippen molar-refractivity contribution in [3.05, 3.63) is 12.2 Å². The van der Waals surface area contributed by atoms with E-state index in [1.807, 2.05) is 0 Å². The molecule has 3 unspecified atom stereocenters. The van der Waals surface area contributed by atoms with Crippen molar-refractivity contribution in [1.82, 2.24) is 0 Å². The smallest absolute Gasteiger partial charge is 0.308 e. The van der Waals surface area contributed by atoms with Gasteiger partial charge in [0, 0.05) is 0 Å². The van der Waals surface area contributed by atoms with Gasteiger partial charge in [-0.05, 0) is 37.5 Å². The number of methoxy groups -OCH3 is 1. The van der Waals surface area contributed by atoms with Gasteiger partial charge in [0.15, 0.2) is 0 Å². The zero-order valence-corrected chi connectivity index (χ0v) is 8.03. The third-order valence-electron chi connectivity index (χ3n) is 3.26. The van der Waals surface area contributed by atoms with Crippen LogP contribution in [0.3, 0.4) is 0 Å². The predicted octanol–water partition coefficient (Wildman–Crippen LogP) is 2.15. The van der Waals surface area contributed by atoms with Crippen molar-refractivity contribution in [2.75, 3.05) is 7.11 Å². The highest BCUT2D eigenvalue weighted by Gasteiger charge is 2.47. The number of carbonyl (C=O) groups excluding carboxylic acids is 1. The molecule has 0 aromatic rings. The summed E-state index contributed by atoms with van der Waals surface area (Å²) in [7, 11) is 1.48. The Bertz CT molecular complexity index is 232.